The molecule has 1 fully saturated rings. The minimum absolute atomic E-state index is 0.118. The van der Waals surface area contributed by atoms with Crippen molar-refractivity contribution in [2.45, 2.75) is 43.4 Å². The molecule has 1 aliphatic heterocycles. The van der Waals surface area contributed by atoms with Crippen LogP contribution in [0.5, 0.6) is 17.2 Å². The lowest BCUT2D eigenvalue weighted by Gasteiger charge is -2.31. The summed E-state index contributed by atoms with van der Waals surface area (Å²) in [4.78, 5) is 20.2. The third kappa shape index (κ3) is 7.76. The number of nitrogens with one attached hydrogen (secondary N) is 1. The van der Waals surface area contributed by atoms with Crippen molar-refractivity contribution in [3.63, 3.8) is 0 Å². The zero-order chi connectivity index (χ0) is 28.6. The van der Waals surface area contributed by atoms with Crippen molar-refractivity contribution in [1.82, 2.24) is 9.88 Å². The fraction of sp³-hybridized carbons (Fsp3) is 0.290. The molecule has 2 heterocycles. The van der Waals surface area contributed by atoms with Crippen molar-refractivity contribution < 1.29 is 14.3 Å². The lowest BCUT2D eigenvalue weighted by molar-refractivity contribution is -0.130. The number of carbonyl (C=O) groups excluding carboxylic acids is 1. The molecule has 9 heteroatoms. The number of benzene rings is 2. The number of nitrogens with two attached hydrogens (primary N) is 1. The second kappa shape index (κ2) is 13.7. The van der Waals surface area contributed by atoms with Gasteiger partial charge in [-0.3, -0.25) is 4.79 Å². The van der Waals surface area contributed by atoms with Gasteiger partial charge in [0.1, 0.15) is 11.5 Å². The number of anilines is 1. The van der Waals surface area contributed by atoms with E-state index in [1.807, 2.05) is 78.9 Å². The highest BCUT2D eigenvalue weighted by Gasteiger charge is 2.22. The smallest absolute Gasteiger partial charge is 0.219 e. The van der Waals surface area contributed by atoms with E-state index in [4.69, 9.17) is 20.2 Å². The topological polar surface area (TPSA) is 89.7 Å². The van der Waals surface area contributed by atoms with Crippen molar-refractivity contribution in [2.24, 2.45) is 11.7 Å². The Labute approximate surface area is 245 Å². The highest BCUT2D eigenvalue weighted by atomic mass is 32.2. The van der Waals surface area contributed by atoms with E-state index in [2.05, 4.69) is 11.9 Å². The summed E-state index contributed by atoms with van der Waals surface area (Å²) >= 11 is 3.01. The quantitative estimate of drug-likeness (QED) is 0.259. The van der Waals surface area contributed by atoms with Crippen LogP contribution in [-0.4, -0.2) is 36.0 Å². The van der Waals surface area contributed by atoms with E-state index in [9.17, 15) is 4.79 Å². The average molecular weight is 577 g/mol. The molecule has 0 unspecified atom stereocenters. The zero-order valence-electron chi connectivity index (χ0n) is 23.4. The van der Waals surface area contributed by atoms with Gasteiger partial charge in [-0.25, -0.2) is 4.98 Å². The zero-order valence-corrected chi connectivity index (χ0v) is 25.0. The molecule has 0 bridgehead atoms. The molecule has 40 heavy (non-hydrogen) atoms. The molecule has 0 saturated carbocycles. The molecule has 0 spiro atoms. The Morgan fingerprint density at radius 2 is 1.82 bits per heavy atom. The summed E-state index contributed by atoms with van der Waals surface area (Å²) < 4.78 is 11.8. The molecule has 7 nitrogen and oxygen atoms in total. The number of allylic oxidation sites excluding steroid dienone is 1. The average Bonchev–Trinajstić information content (AvgIpc) is 2.95. The molecule has 0 radical (unpaired) electrons. The Morgan fingerprint density at radius 3 is 2.50 bits per heavy atom. The maximum absolute atomic E-state index is 11.6. The van der Waals surface area contributed by atoms with Gasteiger partial charge in [0, 0.05) is 53.7 Å². The first kappa shape index (κ1) is 29.4. The number of piperidine rings is 1. The van der Waals surface area contributed by atoms with Crippen molar-refractivity contribution in [2.75, 3.05) is 25.5 Å². The van der Waals surface area contributed by atoms with Gasteiger partial charge in [0.25, 0.3) is 0 Å². The van der Waals surface area contributed by atoms with E-state index in [1.54, 1.807) is 25.8 Å². The van der Waals surface area contributed by atoms with E-state index in [0.29, 0.717) is 16.6 Å². The van der Waals surface area contributed by atoms with Gasteiger partial charge in [0.05, 0.1) is 12.1 Å². The minimum atomic E-state index is 0.118. The predicted molar refractivity (Wildman–Crippen MR) is 165 cm³/mol. The van der Waals surface area contributed by atoms with Gasteiger partial charge in [0.2, 0.25) is 5.91 Å². The molecule has 0 atom stereocenters. The number of hydrogen-bond acceptors (Lipinski definition) is 8. The summed E-state index contributed by atoms with van der Waals surface area (Å²) in [5.74, 6) is 3.14. The number of aromatic nitrogens is 1. The Hall–Kier alpha value is -3.56. The van der Waals surface area contributed by atoms with Crippen molar-refractivity contribution in [3.05, 3.63) is 88.6 Å². The number of thioether (sulfide) groups is 1. The molecule has 1 saturated heterocycles. The number of ether oxygens (including phenoxy) is 2. The number of methoxy groups -OCH3 is 1. The first-order chi connectivity index (χ1) is 19.2. The molecule has 0 aliphatic carbocycles. The van der Waals surface area contributed by atoms with Crippen LogP contribution in [0.25, 0.3) is 0 Å². The molecular formula is C31H36N4O3S2. The van der Waals surface area contributed by atoms with Gasteiger partial charge in [0.15, 0.2) is 11.6 Å². The SMILES string of the molecule is C=C(Nc1ncc(Sc2cccc(OC)c2)cc1Oc1c(C)cccc1C)S/C=C(\N)C1CCN(C(C)=O)CC1. The van der Waals surface area contributed by atoms with E-state index in [-0.39, 0.29) is 11.8 Å². The maximum atomic E-state index is 11.6. The number of para-hydroxylation sites is 1. The number of amides is 1. The molecule has 3 N–H and O–H groups in total. The highest BCUT2D eigenvalue weighted by Crippen LogP contribution is 2.38. The van der Waals surface area contributed by atoms with Crippen LogP contribution in [0.3, 0.4) is 0 Å². The number of carbonyl (C=O) groups is 1. The first-order valence-electron chi connectivity index (χ1n) is 13.1. The lowest BCUT2D eigenvalue weighted by Crippen LogP contribution is -2.38. The van der Waals surface area contributed by atoms with Gasteiger partial charge in [-0.15, -0.1) is 0 Å². The number of nitrogens with zero attached hydrogens (tertiary/aromatic N) is 2. The van der Waals surface area contributed by atoms with Crippen LogP contribution in [0.4, 0.5) is 5.82 Å². The van der Waals surface area contributed by atoms with Crippen molar-refractivity contribution >= 4 is 35.2 Å². The van der Waals surface area contributed by atoms with Crippen molar-refractivity contribution in [3.8, 4) is 17.2 Å². The van der Waals surface area contributed by atoms with Crippen LogP contribution >= 0.6 is 23.5 Å². The second-order valence-corrected chi connectivity index (χ2v) is 11.8. The Balaban J connectivity index is 1.51. The standard InChI is InChI=1S/C31H36N4O3S2/c1-20-8-6-9-21(2)30(20)38-29-17-27(40-26-11-7-10-25(16-26)37-5)18-33-31(29)34-22(3)39-19-28(32)24-12-14-35(15-13-24)23(4)36/h6-11,16-19,24H,3,12-15,32H2,1-2,4-5H3,(H,33,34)/b28-19-. The van der Waals surface area contributed by atoms with E-state index in [1.165, 1.54) is 11.8 Å². The molecule has 4 rings (SSSR count). The summed E-state index contributed by atoms with van der Waals surface area (Å²) in [7, 11) is 1.66. The summed E-state index contributed by atoms with van der Waals surface area (Å²) in [6, 6.07) is 16.0. The fourth-order valence-electron chi connectivity index (χ4n) is 4.45. The van der Waals surface area contributed by atoms with E-state index >= 15 is 0 Å². The molecule has 210 valence electrons. The minimum Gasteiger partial charge on any atom is -0.497 e. The number of aryl methyl sites for hydroxylation is 2. The summed E-state index contributed by atoms with van der Waals surface area (Å²) in [5.41, 5.74) is 9.29. The third-order valence-electron chi connectivity index (χ3n) is 6.73. The highest BCUT2D eigenvalue weighted by molar-refractivity contribution is 8.05. The fourth-order valence-corrected chi connectivity index (χ4v) is 5.94. The number of pyridine rings is 1. The molecular weight excluding hydrogens is 541 g/mol. The Kier molecular flexibility index (Phi) is 10.1. The van der Waals surface area contributed by atoms with E-state index in [0.717, 1.165) is 64.0 Å². The molecule has 2 aromatic carbocycles. The van der Waals surface area contributed by atoms with Gasteiger partial charge in [-0.05, 0) is 61.4 Å². The van der Waals surface area contributed by atoms with Crippen LogP contribution < -0.4 is 20.5 Å². The van der Waals surface area contributed by atoms with Crippen LogP contribution in [0.15, 0.2) is 87.2 Å². The number of rotatable bonds is 10. The largest absolute Gasteiger partial charge is 0.497 e. The normalized spacial score (nSPS) is 14.1. The Morgan fingerprint density at radius 1 is 1.12 bits per heavy atom. The molecule has 3 aromatic rings. The van der Waals surface area contributed by atoms with Crippen molar-refractivity contribution in [1.29, 1.82) is 0 Å². The van der Waals surface area contributed by atoms with Crippen LogP contribution in [0.2, 0.25) is 0 Å². The molecule has 1 aliphatic rings. The Bertz CT molecular complexity index is 1380. The first-order valence-corrected chi connectivity index (χ1v) is 14.8. The number of hydrogen-bond donors (Lipinski definition) is 2. The van der Waals surface area contributed by atoms with Crippen LogP contribution in [0.1, 0.15) is 30.9 Å². The summed E-state index contributed by atoms with van der Waals surface area (Å²) in [6.45, 7) is 11.3. The number of likely N-dealkylation sites (tertiary alicyclic amines) is 1. The van der Waals surface area contributed by atoms with Gasteiger partial charge in [-0.2, -0.15) is 0 Å². The van der Waals surface area contributed by atoms with Crippen LogP contribution in [-0.2, 0) is 4.79 Å². The van der Waals surface area contributed by atoms with Gasteiger partial charge >= 0.3 is 0 Å². The van der Waals surface area contributed by atoms with Gasteiger partial charge in [-0.1, -0.05) is 54.4 Å². The summed E-state index contributed by atoms with van der Waals surface area (Å²) in [6.07, 6.45) is 3.54. The summed E-state index contributed by atoms with van der Waals surface area (Å²) in [5, 5.41) is 5.92. The lowest BCUT2D eigenvalue weighted by atomic mass is 9.94. The third-order valence-corrected chi connectivity index (χ3v) is 8.46. The second-order valence-electron chi connectivity index (χ2n) is 9.69. The maximum Gasteiger partial charge on any atom is 0.219 e. The van der Waals surface area contributed by atoms with Gasteiger partial charge < -0.3 is 25.4 Å². The molecule has 1 amide bonds. The molecule has 1 aromatic heterocycles. The van der Waals surface area contributed by atoms with Crippen LogP contribution in [0, 0.1) is 19.8 Å². The predicted octanol–water partition coefficient (Wildman–Crippen LogP) is 7.33. The monoisotopic (exact) mass is 576 g/mol. The van der Waals surface area contributed by atoms with E-state index < -0.39 is 0 Å².